The summed E-state index contributed by atoms with van der Waals surface area (Å²) in [5.74, 6) is -1.11. The van der Waals surface area contributed by atoms with Crippen LogP contribution >= 0.6 is 0 Å². The molecule has 0 aromatic carbocycles. The van der Waals surface area contributed by atoms with E-state index < -0.39 is 23.4 Å². The SMILES string of the molecule is CC(C)C(C)(C)C(=O)NC1CC(=O)OC(=O)C1. The lowest BCUT2D eigenvalue weighted by Crippen LogP contribution is -2.48. The van der Waals surface area contributed by atoms with Gasteiger partial charge in [0.25, 0.3) is 0 Å². The molecule has 1 fully saturated rings. The van der Waals surface area contributed by atoms with Crippen LogP contribution in [0.15, 0.2) is 0 Å². The van der Waals surface area contributed by atoms with E-state index in [2.05, 4.69) is 10.1 Å². The van der Waals surface area contributed by atoms with Crippen molar-refractivity contribution in [2.24, 2.45) is 11.3 Å². The third kappa shape index (κ3) is 3.28. The van der Waals surface area contributed by atoms with Crippen molar-refractivity contribution < 1.29 is 19.1 Å². The molecule has 5 heteroatoms. The Bertz CT molecular complexity index is 330. The summed E-state index contributed by atoms with van der Waals surface area (Å²) in [7, 11) is 0. The number of carbonyl (C=O) groups excluding carboxylic acids is 3. The number of amides is 1. The molecule has 1 amide bonds. The maximum absolute atomic E-state index is 12.0. The van der Waals surface area contributed by atoms with Crippen molar-refractivity contribution in [2.75, 3.05) is 0 Å². The standard InChI is InChI=1S/C12H19NO4/c1-7(2)12(3,4)11(16)13-8-5-9(14)17-10(15)6-8/h7-8H,5-6H2,1-4H3,(H,13,16). The molecular formula is C12H19NO4. The lowest BCUT2D eigenvalue weighted by molar-refractivity contribution is -0.164. The molecule has 0 aliphatic carbocycles. The molecule has 0 bridgehead atoms. The first-order valence-corrected chi connectivity index (χ1v) is 5.78. The molecule has 1 heterocycles. The number of nitrogens with one attached hydrogen (secondary N) is 1. The Labute approximate surface area is 101 Å². The third-order valence-electron chi connectivity index (χ3n) is 3.42. The zero-order chi connectivity index (χ0) is 13.2. The highest BCUT2D eigenvalue weighted by Gasteiger charge is 2.35. The predicted octanol–water partition coefficient (Wildman–Crippen LogP) is 1.02. The molecule has 96 valence electrons. The highest BCUT2D eigenvalue weighted by molar-refractivity contribution is 5.90. The second-order valence-electron chi connectivity index (χ2n) is 5.30. The third-order valence-corrected chi connectivity index (χ3v) is 3.42. The van der Waals surface area contributed by atoms with Crippen LogP contribution in [0.25, 0.3) is 0 Å². The first-order valence-electron chi connectivity index (χ1n) is 5.78. The van der Waals surface area contributed by atoms with Gasteiger partial charge in [0, 0.05) is 11.5 Å². The van der Waals surface area contributed by atoms with E-state index >= 15 is 0 Å². The zero-order valence-corrected chi connectivity index (χ0v) is 10.7. The van der Waals surface area contributed by atoms with Gasteiger partial charge >= 0.3 is 11.9 Å². The lowest BCUT2D eigenvalue weighted by Gasteiger charge is -2.31. The van der Waals surface area contributed by atoms with Crippen molar-refractivity contribution in [3.05, 3.63) is 0 Å². The smallest absolute Gasteiger partial charge is 0.315 e. The molecule has 1 rings (SSSR count). The lowest BCUT2D eigenvalue weighted by atomic mass is 9.80. The molecule has 0 aromatic rings. The van der Waals surface area contributed by atoms with Crippen LogP contribution in [0.2, 0.25) is 0 Å². The van der Waals surface area contributed by atoms with Gasteiger partial charge in [0.1, 0.15) is 0 Å². The van der Waals surface area contributed by atoms with Crippen LogP contribution in [0.1, 0.15) is 40.5 Å². The quantitative estimate of drug-likeness (QED) is 0.591. The fourth-order valence-corrected chi connectivity index (χ4v) is 1.42. The average Bonchev–Trinajstić information content (AvgIpc) is 2.15. The normalized spacial score (nSPS) is 18.2. The molecule has 0 radical (unpaired) electrons. The van der Waals surface area contributed by atoms with Gasteiger partial charge in [-0.3, -0.25) is 14.4 Å². The van der Waals surface area contributed by atoms with Gasteiger partial charge in [-0.1, -0.05) is 27.7 Å². The molecule has 0 atom stereocenters. The molecule has 0 spiro atoms. The molecule has 1 aliphatic rings. The molecule has 5 nitrogen and oxygen atoms in total. The van der Waals surface area contributed by atoms with E-state index in [1.54, 1.807) is 0 Å². The maximum Gasteiger partial charge on any atom is 0.315 e. The minimum Gasteiger partial charge on any atom is -0.393 e. The van der Waals surface area contributed by atoms with Gasteiger partial charge in [-0.2, -0.15) is 0 Å². The van der Waals surface area contributed by atoms with Crippen LogP contribution in [0.4, 0.5) is 0 Å². The first-order chi connectivity index (χ1) is 7.73. The van der Waals surface area contributed by atoms with Gasteiger partial charge in [-0.15, -0.1) is 0 Å². The van der Waals surface area contributed by atoms with E-state index in [9.17, 15) is 14.4 Å². The number of hydrogen-bond acceptors (Lipinski definition) is 4. The molecule has 1 aliphatic heterocycles. The van der Waals surface area contributed by atoms with Crippen molar-refractivity contribution in [1.29, 1.82) is 0 Å². The van der Waals surface area contributed by atoms with Crippen molar-refractivity contribution in [3.63, 3.8) is 0 Å². The number of rotatable bonds is 3. The Morgan fingerprint density at radius 2 is 1.76 bits per heavy atom. The van der Waals surface area contributed by atoms with E-state index in [-0.39, 0.29) is 24.7 Å². The second kappa shape index (κ2) is 4.85. The molecule has 0 unspecified atom stereocenters. The summed E-state index contributed by atoms with van der Waals surface area (Å²) in [6, 6.07) is -0.436. The largest absolute Gasteiger partial charge is 0.393 e. The molecule has 1 N–H and O–H groups in total. The number of cyclic esters (lactones) is 2. The van der Waals surface area contributed by atoms with E-state index in [0.717, 1.165) is 0 Å². The van der Waals surface area contributed by atoms with Crippen LogP contribution in [-0.4, -0.2) is 23.9 Å². The van der Waals surface area contributed by atoms with Gasteiger partial charge in [-0.05, 0) is 5.92 Å². The van der Waals surface area contributed by atoms with Gasteiger partial charge in [-0.25, -0.2) is 0 Å². The molecule has 0 aromatic heterocycles. The minimum atomic E-state index is -0.575. The second-order valence-corrected chi connectivity index (χ2v) is 5.30. The Hall–Kier alpha value is -1.39. The Morgan fingerprint density at radius 1 is 1.29 bits per heavy atom. The fourth-order valence-electron chi connectivity index (χ4n) is 1.42. The summed E-state index contributed by atoms with van der Waals surface area (Å²) in [6.07, 6.45) is 0.122. The summed E-state index contributed by atoms with van der Waals surface area (Å²) in [6.45, 7) is 7.60. The van der Waals surface area contributed by atoms with E-state index in [1.165, 1.54) is 0 Å². The van der Waals surface area contributed by atoms with E-state index in [1.807, 2.05) is 27.7 Å². The van der Waals surface area contributed by atoms with Gasteiger partial charge in [0.2, 0.25) is 5.91 Å². The summed E-state index contributed by atoms with van der Waals surface area (Å²) in [5, 5.41) is 2.74. The Kier molecular flexibility index (Phi) is 3.91. The van der Waals surface area contributed by atoms with Crippen molar-refractivity contribution in [2.45, 2.75) is 46.6 Å². The Balaban J connectivity index is 2.63. The van der Waals surface area contributed by atoms with Crippen molar-refractivity contribution in [3.8, 4) is 0 Å². The van der Waals surface area contributed by atoms with Crippen LogP contribution in [0.3, 0.4) is 0 Å². The molecule has 1 saturated heterocycles. The summed E-state index contributed by atoms with van der Waals surface area (Å²) < 4.78 is 4.40. The number of esters is 2. The first kappa shape index (κ1) is 13.7. The summed E-state index contributed by atoms with van der Waals surface area (Å²) >= 11 is 0. The maximum atomic E-state index is 12.0. The van der Waals surface area contributed by atoms with E-state index in [4.69, 9.17) is 0 Å². The van der Waals surface area contributed by atoms with Crippen LogP contribution in [0.5, 0.6) is 0 Å². The number of ether oxygens (including phenoxy) is 1. The van der Waals surface area contributed by atoms with Crippen LogP contribution in [0, 0.1) is 11.3 Å². The van der Waals surface area contributed by atoms with Crippen LogP contribution < -0.4 is 5.32 Å². The van der Waals surface area contributed by atoms with Crippen molar-refractivity contribution >= 4 is 17.8 Å². The number of carbonyl (C=O) groups is 3. The van der Waals surface area contributed by atoms with Gasteiger partial charge in [0.15, 0.2) is 0 Å². The molecule has 0 saturated carbocycles. The topological polar surface area (TPSA) is 72.5 Å². The van der Waals surface area contributed by atoms with Gasteiger partial charge in [0.05, 0.1) is 12.8 Å². The molecule has 17 heavy (non-hydrogen) atoms. The van der Waals surface area contributed by atoms with E-state index in [0.29, 0.717) is 0 Å². The Morgan fingerprint density at radius 3 is 2.18 bits per heavy atom. The summed E-state index contributed by atoms with van der Waals surface area (Å²) in [5.41, 5.74) is -0.523. The van der Waals surface area contributed by atoms with Crippen LogP contribution in [-0.2, 0) is 19.1 Å². The van der Waals surface area contributed by atoms with Crippen molar-refractivity contribution in [1.82, 2.24) is 5.32 Å². The number of hydrogen-bond donors (Lipinski definition) is 1. The molecular weight excluding hydrogens is 222 g/mol. The fraction of sp³-hybridized carbons (Fsp3) is 0.750. The average molecular weight is 241 g/mol. The zero-order valence-electron chi connectivity index (χ0n) is 10.7. The highest BCUT2D eigenvalue weighted by Crippen LogP contribution is 2.26. The summed E-state index contributed by atoms with van der Waals surface area (Å²) in [4.78, 5) is 34.1. The van der Waals surface area contributed by atoms with Gasteiger partial charge < -0.3 is 10.1 Å². The highest BCUT2D eigenvalue weighted by atomic mass is 16.6. The monoisotopic (exact) mass is 241 g/mol. The predicted molar refractivity (Wildman–Crippen MR) is 60.9 cm³/mol. The minimum absolute atomic E-state index is 0.0612.